The molecule has 1 saturated heterocycles. The van der Waals surface area contributed by atoms with Crippen LogP contribution in [0, 0.1) is 13.8 Å². The molecule has 3 rings (SSSR count). The third-order valence-electron chi connectivity index (χ3n) is 5.10. The zero-order chi connectivity index (χ0) is 19.2. The summed E-state index contributed by atoms with van der Waals surface area (Å²) in [5.41, 5.74) is 2.15. The number of aryl methyl sites for hydroxylation is 2. The first-order valence-electron chi connectivity index (χ1n) is 9.84. The molecule has 1 atom stereocenters. The summed E-state index contributed by atoms with van der Waals surface area (Å²) in [5, 5.41) is 14.6. The predicted octanol–water partition coefficient (Wildman–Crippen LogP) is 4.30. The average Bonchev–Trinajstić information content (AvgIpc) is 3.30. The third-order valence-corrected chi connectivity index (χ3v) is 6.03. The van der Waals surface area contributed by atoms with E-state index in [9.17, 15) is 0 Å². The molecule has 6 nitrogen and oxygen atoms in total. The molecule has 3 heterocycles. The molecule has 2 aromatic rings. The van der Waals surface area contributed by atoms with Crippen LogP contribution in [0.2, 0.25) is 0 Å². The van der Waals surface area contributed by atoms with Crippen LogP contribution in [-0.4, -0.2) is 43.3 Å². The Morgan fingerprint density at radius 2 is 2.14 bits per heavy atom. The van der Waals surface area contributed by atoms with Crippen molar-refractivity contribution in [3.8, 4) is 0 Å². The lowest BCUT2D eigenvalue weighted by Gasteiger charge is -2.33. The molecule has 2 aromatic heterocycles. The van der Waals surface area contributed by atoms with Crippen LogP contribution in [0.15, 0.2) is 27.0 Å². The van der Waals surface area contributed by atoms with Crippen LogP contribution >= 0.6 is 35.3 Å². The van der Waals surface area contributed by atoms with Crippen molar-refractivity contribution < 1.29 is 4.52 Å². The summed E-state index contributed by atoms with van der Waals surface area (Å²) in [4.78, 5) is 7.31. The minimum atomic E-state index is 0. The largest absolute Gasteiger partial charge is 0.363 e. The molecular formula is C20H32IN5OS. The Labute approximate surface area is 189 Å². The summed E-state index contributed by atoms with van der Waals surface area (Å²) in [7, 11) is 0. The first kappa shape index (κ1) is 23.0. The van der Waals surface area contributed by atoms with E-state index in [-0.39, 0.29) is 29.9 Å². The number of aromatic nitrogens is 1. The van der Waals surface area contributed by atoms with Crippen LogP contribution in [0.5, 0.6) is 0 Å². The number of hydrogen-bond acceptors (Lipinski definition) is 5. The van der Waals surface area contributed by atoms with Crippen molar-refractivity contribution in [2.45, 2.75) is 52.5 Å². The van der Waals surface area contributed by atoms with Gasteiger partial charge in [0.2, 0.25) is 0 Å². The van der Waals surface area contributed by atoms with Gasteiger partial charge in [-0.15, -0.1) is 35.3 Å². The van der Waals surface area contributed by atoms with Gasteiger partial charge in [0.1, 0.15) is 5.76 Å². The lowest BCUT2D eigenvalue weighted by molar-refractivity contribution is 0.391. The lowest BCUT2D eigenvalue weighted by Crippen LogP contribution is -2.48. The molecule has 0 aliphatic carbocycles. The van der Waals surface area contributed by atoms with Gasteiger partial charge >= 0.3 is 0 Å². The quantitative estimate of drug-likeness (QED) is 0.340. The molecule has 1 unspecified atom stereocenters. The molecular weight excluding hydrogens is 485 g/mol. The Kier molecular flexibility index (Phi) is 9.07. The second-order valence-corrected chi connectivity index (χ2v) is 8.14. The first-order valence-corrected chi connectivity index (χ1v) is 10.7. The van der Waals surface area contributed by atoms with E-state index in [0.717, 1.165) is 49.9 Å². The van der Waals surface area contributed by atoms with Crippen molar-refractivity contribution in [1.82, 2.24) is 15.8 Å². The number of hydrogen-bond donors (Lipinski definition) is 2. The third kappa shape index (κ3) is 5.85. The fourth-order valence-corrected chi connectivity index (χ4v) is 4.51. The zero-order valence-electron chi connectivity index (χ0n) is 17.2. The fourth-order valence-electron chi connectivity index (χ4n) is 3.72. The lowest BCUT2D eigenvalue weighted by atomic mass is 10.00. The Morgan fingerprint density at radius 3 is 2.71 bits per heavy atom. The molecule has 8 heteroatoms. The van der Waals surface area contributed by atoms with E-state index >= 15 is 0 Å². The molecule has 0 spiro atoms. The minimum Gasteiger partial charge on any atom is -0.363 e. The van der Waals surface area contributed by atoms with Crippen LogP contribution in [0.1, 0.15) is 49.6 Å². The number of thiophene rings is 1. The molecule has 2 N–H and O–H groups in total. The van der Waals surface area contributed by atoms with Crippen molar-refractivity contribution in [2.75, 3.05) is 31.1 Å². The number of nitrogens with one attached hydrogen (secondary N) is 2. The molecule has 0 bridgehead atoms. The van der Waals surface area contributed by atoms with E-state index in [4.69, 9.17) is 9.52 Å². The van der Waals surface area contributed by atoms with Crippen LogP contribution in [0.3, 0.4) is 0 Å². The smallest absolute Gasteiger partial charge is 0.191 e. The summed E-state index contributed by atoms with van der Waals surface area (Å²) < 4.78 is 5.30. The molecule has 156 valence electrons. The van der Waals surface area contributed by atoms with Gasteiger partial charge in [-0.2, -0.15) is 0 Å². The van der Waals surface area contributed by atoms with Crippen LogP contribution in [0.4, 0.5) is 5.00 Å². The van der Waals surface area contributed by atoms with Gasteiger partial charge in [-0.1, -0.05) is 12.1 Å². The van der Waals surface area contributed by atoms with Gasteiger partial charge in [-0.25, -0.2) is 0 Å². The Hall–Kier alpha value is -1.29. The Balaban J connectivity index is 0.00000280. The monoisotopic (exact) mass is 517 g/mol. The van der Waals surface area contributed by atoms with Crippen molar-refractivity contribution >= 4 is 46.3 Å². The Bertz CT molecular complexity index is 718. The number of halogens is 1. The maximum atomic E-state index is 5.30. The topological polar surface area (TPSA) is 65.7 Å². The molecule has 0 amide bonds. The van der Waals surface area contributed by atoms with Gasteiger partial charge in [-0.05, 0) is 51.1 Å². The van der Waals surface area contributed by atoms with E-state index in [2.05, 4.69) is 52.1 Å². The van der Waals surface area contributed by atoms with E-state index in [1.54, 1.807) is 0 Å². The molecule has 0 saturated carbocycles. The van der Waals surface area contributed by atoms with Crippen molar-refractivity contribution in [3.05, 3.63) is 34.5 Å². The number of nitrogens with zero attached hydrogens (tertiary/aromatic N) is 3. The standard InChI is InChI=1S/C20H31N5OS.HI/c1-5-21-20(22-13-14(2)19-15(3)24-26-16(19)4)23-17-8-10-25(11-9-17)18-7-6-12-27-18;/h6-7,12,14,17H,5,8-11,13H2,1-4H3,(H2,21,22,23);1H. The highest BCUT2D eigenvalue weighted by Gasteiger charge is 2.21. The van der Waals surface area contributed by atoms with E-state index in [0.29, 0.717) is 12.6 Å². The number of anilines is 1. The maximum absolute atomic E-state index is 5.30. The predicted molar refractivity (Wildman–Crippen MR) is 128 cm³/mol. The van der Waals surface area contributed by atoms with Gasteiger partial charge in [0, 0.05) is 43.7 Å². The van der Waals surface area contributed by atoms with Crippen molar-refractivity contribution in [2.24, 2.45) is 4.99 Å². The molecule has 1 aliphatic rings. The van der Waals surface area contributed by atoms with E-state index in [1.165, 1.54) is 10.6 Å². The van der Waals surface area contributed by atoms with Crippen molar-refractivity contribution in [3.63, 3.8) is 0 Å². The number of piperidine rings is 1. The number of aliphatic imine (C=N–C) groups is 1. The van der Waals surface area contributed by atoms with Crippen LogP contribution in [0.25, 0.3) is 0 Å². The average molecular weight is 517 g/mol. The van der Waals surface area contributed by atoms with Crippen molar-refractivity contribution in [1.29, 1.82) is 0 Å². The molecule has 0 aromatic carbocycles. The number of guanidine groups is 1. The van der Waals surface area contributed by atoms with Gasteiger partial charge in [0.15, 0.2) is 5.96 Å². The molecule has 1 aliphatic heterocycles. The molecule has 28 heavy (non-hydrogen) atoms. The van der Waals surface area contributed by atoms with E-state index in [1.807, 2.05) is 25.2 Å². The Morgan fingerprint density at radius 1 is 1.39 bits per heavy atom. The summed E-state index contributed by atoms with van der Waals surface area (Å²) in [5.74, 6) is 2.09. The van der Waals surface area contributed by atoms with Gasteiger partial charge in [-0.3, -0.25) is 4.99 Å². The van der Waals surface area contributed by atoms with Gasteiger partial charge in [0.05, 0.1) is 10.7 Å². The van der Waals surface area contributed by atoms with Crippen LogP contribution < -0.4 is 15.5 Å². The zero-order valence-corrected chi connectivity index (χ0v) is 20.3. The minimum absolute atomic E-state index is 0. The summed E-state index contributed by atoms with van der Waals surface area (Å²) >= 11 is 1.82. The highest BCUT2D eigenvalue weighted by Crippen LogP contribution is 2.25. The second kappa shape index (κ2) is 11.0. The highest BCUT2D eigenvalue weighted by molar-refractivity contribution is 14.0. The summed E-state index contributed by atoms with van der Waals surface area (Å²) in [6, 6.07) is 4.80. The second-order valence-electron chi connectivity index (χ2n) is 7.22. The summed E-state index contributed by atoms with van der Waals surface area (Å²) in [6.45, 7) is 12.0. The molecule has 1 fully saturated rings. The van der Waals surface area contributed by atoms with E-state index < -0.39 is 0 Å². The highest BCUT2D eigenvalue weighted by atomic mass is 127. The SMILES string of the molecule is CCNC(=NCC(C)c1c(C)noc1C)NC1CCN(c2cccs2)CC1.I. The normalized spacial score (nSPS) is 16.6. The van der Waals surface area contributed by atoms with Gasteiger partial charge < -0.3 is 20.1 Å². The maximum Gasteiger partial charge on any atom is 0.191 e. The van der Waals surface area contributed by atoms with Crippen LogP contribution in [-0.2, 0) is 0 Å². The fraction of sp³-hybridized carbons (Fsp3) is 0.600. The first-order chi connectivity index (χ1) is 13.1. The van der Waals surface area contributed by atoms with Gasteiger partial charge in [0.25, 0.3) is 0 Å². The summed E-state index contributed by atoms with van der Waals surface area (Å²) in [6.07, 6.45) is 2.25. The number of rotatable bonds is 6. The molecule has 0 radical (unpaired) electrons.